The second-order valence-corrected chi connectivity index (χ2v) is 6.37. The quantitative estimate of drug-likeness (QED) is 0.926. The zero-order chi connectivity index (χ0) is 14.1. The van der Waals surface area contributed by atoms with Gasteiger partial charge in [-0.3, -0.25) is 0 Å². The van der Waals surface area contributed by atoms with Crippen molar-refractivity contribution in [1.82, 2.24) is 10.3 Å². The Bertz CT molecular complexity index is 468. The maximum atomic E-state index is 6.42. The molecule has 2 atom stereocenters. The van der Waals surface area contributed by atoms with Gasteiger partial charge in [0, 0.05) is 31.9 Å². The average molecular weight is 296 g/mol. The summed E-state index contributed by atoms with van der Waals surface area (Å²) in [6.07, 6.45) is 4.95. The molecule has 2 fully saturated rings. The van der Waals surface area contributed by atoms with Crippen LogP contribution in [0.4, 0.5) is 5.82 Å². The van der Waals surface area contributed by atoms with Gasteiger partial charge in [0.15, 0.2) is 0 Å². The summed E-state index contributed by atoms with van der Waals surface area (Å²) in [6.45, 7) is 6.72. The average Bonchev–Trinajstić information content (AvgIpc) is 3.19. The van der Waals surface area contributed by atoms with Crippen LogP contribution < -0.4 is 10.2 Å². The van der Waals surface area contributed by atoms with Gasteiger partial charge in [0.05, 0.1) is 17.2 Å². The normalized spacial score (nSPS) is 26.9. The first-order valence-corrected chi connectivity index (χ1v) is 7.78. The fourth-order valence-corrected chi connectivity index (χ4v) is 3.01. The number of nitrogens with one attached hydrogen (secondary N) is 1. The topological polar surface area (TPSA) is 37.4 Å². The molecule has 0 aromatic carbocycles. The summed E-state index contributed by atoms with van der Waals surface area (Å²) in [5, 5.41) is 4.22. The maximum absolute atomic E-state index is 6.42. The van der Waals surface area contributed by atoms with Crippen molar-refractivity contribution >= 4 is 17.4 Å². The zero-order valence-corrected chi connectivity index (χ0v) is 12.9. The Morgan fingerprint density at radius 3 is 2.65 bits per heavy atom. The van der Waals surface area contributed by atoms with Crippen LogP contribution in [0.5, 0.6) is 0 Å². The Kier molecular flexibility index (Phi) is 4.15. The molecule has 1 aliphatic heterocycles. The molecule has 5 heteroatoms. The van der Waals surface area contributed by atoms with Crippen molar-refractivity contribution in [2.24, 2.45) is 0 Å². The Morgan fingerprint density at radius 2 is 2.05 bits per heavy atom. The molecule has 0 bridgehead atoms. The van der Waals surface area contributed by atoms with Crippen molar-refractivity contribution in [2.75, 3.05) is 18.0 Å². The van der Waals surface area contributed by atoms with Crippen LogP contribution in [0.2, 0.25) is 5.02 Å². The van der Waals surface area contributed by atoms with Crippen molar-refractivity contribution in [1.29, 1.82) is 0 Å². The summed E-state index contributed by atoms with van der Waals surface area (Å²) >= 11 is 6.42. The van der Waals surface area contributed by atoms with Crippen LogP contribution in [0.25, 0.3) is 0 Å². The first-order valence-electron chi connectivity index (χ1n) is 7.40. The molecule has 4 nitrogen and oxygen atoms in total. The highest BCUT2D eigenvalue weighted by Crippen LogP contribution is 2.27. The number of nitrogens with zero attached hydrogens (tertiary/aromatic N) is 2. The second kappa shape index (κ2) is 5.88. The summed E-state index contributed by atoms with van der Waals surface area (Å²) in [5.41, 5.74) is 1.15. The van der Waals surface area contributed by atoms with Crippen molar-refractivity contribution in [3.05, 3.63) is 22.8 Å². The number of rotatable bonds is 4. The summed E-state index contributed by atoms with van der Waals surface area (Å²) in [6, 6.07) is 2.73. The van der Waals surface area contributed by atoms with Crippen molar-refractivity contribution < 1.29 is 4.74 Å². The molecule has 0 amide bonds. The second-order valence-electron chi connectivity index (χ2n) is 5.97. The monoisotopic (exact) mass is 295 g/mol. The molecule has 0 spiro atoms. The number of aromatic nitrogens is 1. The van der Waals surface area contributed by atoms with Crippen LogP contribution in [0.3, 0.4) is 0 Å². The lowest BCUT2D eigenvalue weighted by Crippen LogP contribution is -2.46. The lowest BCUT2D eigenvalue weighted by Gasteiger charge is -2.36. The van der Waals surface area contributed by atoms with E-state index in [-0.39, 0.29) is 12.2 Å². The zero-order valence-electron chi connectivity index (χ0n) is 12.1. The highest BCUT2D eigenvalue weighted by atomic mass is 35.5. The summed E-state index contributed by atoms with van der Waals surface area (Å²) in [5.74, 6) is 0.879. The van der Waals surface area contributed by atoms with Gasteiger partial charge in [0.2, 0.25) is 0 Å². The summed E-state index contributed by atoms with van der Waals surface area (Å²) < 4.78 is 5.75. The van der Waals surface area contributed by atoms with Gasteiger partial charge in [-0.25, -0.2) is 4.98 Å². The molecule has 1 aromatic rings. The third-order valence-corrected chi connectivity index (χ3v) is 4.05. The van der Waals surface area contributed by atoms with Gasteiger partial charge in [-0.05, 0) is 38.3 Å². The van der Waals surface area contributed by atoms with Crippen LogP contribution in [0.1, 0.15) is 32.3 Å². The first kappa shape index (κ1) is 14.1. The maximum Gasteiger partial charge on any atom is 0.147 e. The minimum Gasteiger partial charge on any atom is -0.372 e. The molecule has 110 valence electrons. The number of pyridine rings is 1. The summed E-state index contributed by atoms with van der Waals surface area (Å²) in [4.78, 5) is 6.79. The molecule has 1 aliphatic carbocycles. The molecule has 2 aliphatic rings. The van der Waals surface area contributed by atoms with E-state index in [2.05, 4.69) is 29.0 Å². The highest BCUT2D eigenvalue weighted by Gasteiger charge is 2.25. The fourth-order valence-electron chi connectivity index (χ4n) is 2.70. The third kappa shape index (κ3) is 3.43. The molecule has 2 heterocycles. The van der Waals surface area contributed by atoms with E-state index >= 15 is 0 Å². The first-order chi connectivity index (χ1) is 9.61. The SMILES string of the molecule is C[C@@H]1CN(c2ncc(CNC3CC3)cc2Cl)C[C@H](C)O1. The van der Waals surface area contributed by atoms with Crippen LogP contribution in [0.15, 0.2) is 12.3 Å². The predicted molar refractivity (Wildman–Crippen MR) is 81.3 cm³/mol. The molecule has 1 saturated heterocycles. The van der Waals surface area contributed by atoms with Crippen LogP contribution in [-0.2, 0) is 11.3 Å². The number of anilines is 1. The molecular weight excluding hydrogens is 274 g/mol. The largest absolute Gasteiger partial charge is 0.372 e. The molecule has 3 rings (SSSR count). The van der Waals surface area contributed by atoms with Gasteiger partial charge in [-0.1, -0.05) is 11.6 Å². The predicted octanol–water partition coefficient (Wildman–Crippen LogP) is 2.60. The van der Waals surface area contributed by atoms with Gasteiger partial charge in [-0.15, -0.1) is 0 Å². The van der Waals surface area contributed by atoms with Crippen molar-refractivity contribution in [2.45, 2.75) is 51.5 Å². The van der Waals surface area contributed by atoms with E-state index < -0.39 is 0 Å². The van der Waals surface area contributed by atoms with Gasteiger partial charge in [0.1, 0.15) is 5.82 Å². The number of hydrogen-bond donors (Lipinski definition) is 1. The highest BCUT2D eigenvalue weighted by molar-refractivity contribution is 6.33. The van der Waals surface area contributed by atoms with Gasteiger partial charge >= 0.3 is 0 Å². The van der Waals surface area contributed by atoms with Crippen molar-refractivity contribution in [3.63, 3.8) is 0 Å². The smallest absolute Gasteiger partial charge is 0.147 e. The van der Waals surface area contributed by atoms with E-state index in [0.29, 0.717) is 6.04 Å². The molecule has 1 saturated carbocycles. The third-order valence-electron chi connectivity index (χ3n) is 3.77. The standard InChI is InChI=1S/C15H22ClN3O/c1-10-8-19(9-11(2)20-10)15-14(16)5-12(7-18-15)6-17-13-3-4-13/h5,7,10-11,13,17H,3-4,6,8-9H2,1-2H3/t10-,11+. The Morgan fingerprint density at radius 1 is 1.35 bits per heavy atom. The van der Waals surface area contributed by atoms with E-state index in [1.165, 1.54) is 12.8 Å². The van der Waals surface area contributed by atoms with E-state index in [4.69, 9.17) is 16.3 Å². The van der Waals surface area contributed by atoms with Gasteiger partial charge in [0.25, 0.3) is 0 Å². The molecule has 0 radical (unpaired) electrons. The lowest BCUT2D eigenvalue weighted by atomic mass is 10.2. The molecule has 0 unspecified atom stereocenters. The minimum absolute atomic E-state index is 0.216. The summed E-state index contributed by atoms with van der Waals surface area (Å²) in [7, 11) is 0. The molecular formula is C15H22ClN3O. The number of morpholine rings is 1. The van der Waals surface area contributed by atoms with E-state index in [1.807, 2.05) is 12.3 Å². The van der Waals surface area contributed by atoms with Crippen molar-refractivity contribution in [3.8, 4) is 0 Å². The Labute approximate surface area is 125 Å². The van der Waals surface area contributed by atoms with Gasteiger partial charge in [-0.2, -0.15) is 0 Å². The van der Waals surface area contributed by atoms with E-state index in [0.717, 1.165) is 36.0 Å². The van der Waals surface area contributed by atoms with Crippen LogP contribution in [0, 0.1) is 0 Å². The van der Waals surface area contributed by atoms with Crippen LogP contribution >= 0.6 is 11.6 Å². The molecule has 20 heavy (non-hydrogen) atoms. The van der Waals surface area contributed by atoms with E-state index in [1.54, 1.807) is 0 Å². The number of ether oxygens (including phenoxy) is 1. The number of hydrogen-bond acceptors (Lipinski definition) is 4. The lowest BCUT2D eigenvalue weighted by molar-refractivity contribution is -0.00545. The Hall–Kier alpha value is -0.840. The molecule has 1 aromatic heterocycles. The van der Waals surface area contributed by atoms with Crippen LogP contribution in [-0.4, -0.2) is 36.3 Å². The van der Waals surface area contributed by atoms with Gasteiger partial charge < -0.3 is 15.0 Å². The minimum atomic E-state index is 0.216. The van der Waals surface area contributed by atoms with E-state index in [9.17, 15) is 0 Å². The fraction of sp³-hybridized carbons (Fsp3) is 0.667. The Balaban J connectivity index is 1.69. The number of halogens is 1. The molecule has 1 N–H and O–H groups in total.